The second-order valence-electron chi connectivity index (χ2n) is 4.85. The molecule has 1 aromatic heterocycles. The Morgan fingerprint density at radius 2 is 1.90 bits per heavy atom. The van der Waals surface area contributed by atoms with E-state index in [9.17, 15) is 0 Å². The van der Waals surface area contributed by atoms with Gasteiger partial charge in [-0.05, 0) is 55.7 Å². The van der Waals surface area contributed by atoms with Crippen LogP contribution in [0.25, 0.3) is 0 Å². The van der Waals surface area contributed by atoms with E-state index in [1.54, 1.807) is 26.6 Å². The summed E-state index contributed by atoms with van der Waals surface area (Å²) >= 11 is 0. The number of aryl methyl sites for hydroxylation is 1. The summed E-state index contributed by atoms with van der Waals surface area (Å²) in [6.07, 6.45) is 3.43. The second kappa shape index (κ2) is 6.39. The Morgan fingerprint density at radius 1 is 1.14 bits per heavy atom. The van der Waals surface area contributed by atoms with E-state index in [4.69, 9.17) is 9.47 Å². The molecule has 0 unspecified atom stereocenters. The fraction of sp³-hybridized carbons (Fsp3) is 0.294. The van der Waals surface area contributed by atoms with Crippen LogP contribution in [0.1, 0.15) is 22.3 Å². The largest absolute Gasteiger partial charge is 0.496 e. The molecule has 110 valence electrons. The van der Waals surface area contributed by atoms with E-state index in [0.717, 1.165) is 33.7 Å². The molecular formula is C17H20N2O2. The molecule has 0 aliphatic rings. The van der Waals surface area contributed by atoms with Gasteiger partial charge in [-0.15, -0.1) is 0 Å². The van der Waals surface area contributed by atoms with Crippen molar-refractivity contribution in [3.05, 3.63) is 52.8 Å². The molecule has 2 aromatic rings. The van der Waals surface area contributed by atoms with Crippen LogP contribution in [0.2, 0.25) is 0 Å². The molecule has 0 spiro atoms. The van der Waals surface area contributed by atoms with Crippen LogP contribution in [-0.4, -0.2) is 25.1 Å². The van der Waals surface area contributed by atoms with Gasteiger partial charge in [0.05, 0.1) is 26.1 Å². The van der Waals surface area contributed by atoms with Crippen LogP contribution in [0.3, 0.4) is 0 Å². The van der Waals surface area contributed by atoms with Crippen LogP contribution in [0.4, 0.5) is 5.69 Å². The van der Waals surface area contributed by atoms with Crippen LogP contribution in [0.5, 0.6) is 5.75 Å². The maximum absolute atomic E-state index is 5.51. The van der Waals surface area contributed by atoms with Crippen molar-refractivity contribution in [3.8, 4) is 5.75 Å². The molecule has 0 amide bonds. The highest BCUT2D eigenvalue weighted by Gasteiger charge is 2.16. The first-order valence-electron chi connectivity index (χ1n) is 6.76. The molecule has 0 saturated carbocycles. The number of benzene rings is 1. The van der Waals surface area contributed by atoms with Gasteiger partial charge in [-0.25, -0.2) is 4.99 Å². The van der Waals surface area contributed by atoms with E-state index < -0.39 is 0 Å². The highest BCUT2D eigenvalue weighted by molar-refractivity contribution is 5.99. The molecule has 0 N–H and O–H groups in total. The molecule has 21 heavy (non-hydrogen) atoms. The molecule has 0 aliphatic heterocycles. The van der Waals surface area contributed by atoms with E-state index in [-0.39, 0.29) is 0 Å². The molecule has 1 heterocycles. The van der Waals surface area contributed by atoms with Crippen LogP contribution in [0, 0.1) is 20.8 Å². The maximum atomic E-state index is 5.51. The molecule has 0 atom stereocenters. The zero-order valence-electron chi connectivity index (χ0n) is 13.1. The first-order valence-corrected chi connectivity index (χ1v) is 6.76. The zero-order valence-corrected chi connectivity index (χ0v) is 13.1. The lowest BCUT2D eigenvalue weighted by atomic mass is 9.97. The second-order valence-corrected chi connectivity index (χ2v) is 4.85. The van der Waals surface area contributed by atoms with Gasteiger partial charge >= 0.3 is 0 Å². The number of methoxy groups -OCH3 is 2. The van der Waals surface area contributed by atoms with Crippen molar-refractivity contribution in [2.75, 3.05) is 14.2 Å². The molecule has 4 heteroatoms. The molecule has 0 fully saturated rings. The molecular weight excluding hydrogens is 264 g/mol. The molecule has 0 saturated heterocycles. The van der Waals surface area contributed by atoms with Gasteiger partial charge in [0.25, 0.3) is 0 Å². The maximum Gasteiger partial charge on any atom is 0.221 e. The number of aromatic nitrogens is 1. The van der Waals surface area contributed by atoms with Crippen molar-refractivity contribution in [2.24, 2.45) is 4.99 Å². The van der Waals surface area contributed by atoms with E-state index in [1.165, 1.54) is 0 Å². The van der Waals surface area contributed by atoms with Crippen molar-refractivity contribution < 1.29 is 9.47 Å². The summed E-state index contributed by atoms with van der Waals surface area (Å²) in [5.74, 6) is 1.47. The molecule has 4 nitrogen and oxygen atoms in total. The number of ether oxygens (including phenoxy) is 2. The number of aliphatic imine (C=N–C) groups is 1. The Hall–Kier alpha value is -2.36. The Kier molecular flexibility index (Phi) is 4.58. The quantitative estimate of drug-likeness (QED) is 0.637. The summed E-state index contributed by atoms with van der Waals surface area (Å²) in [5.41, 5.74) is 5.03. The number of rotatable bonds is 3. The predicted octanol–water partition coefficient (Wildman–Crippen LogP) is 3.74. The fourth-order valence-corrected chi connectivity index (χ4v) is 2.33. The normalized spacial score (nSPS) is 11.4. The van der Waals surface area contributed by atoms with Gasteiger partial charge in [0.2, 0.25) is 5.90 Å². The zero-order chi connectivity index (χ0) is 15.4. The number of nitrogens with zero attached hydrogens (tertiary/aromatic N) is 2. The van der Waals surface area contributed by atoms with Crippen molar-refractivity contribution >= 4 is 11.6 Å². The highest BCUT2D eigenvalue weighted by atomic mass is 16.5. The molecule has 2 rings (SSSR count). The minimum Gasteiger partial charge on any atom is -0.496 e. The lowest BCUT2D eigenvalue weighted by Crippen LogP contribution is -2.10. The van der Waals surface area contributed by atoms with Crippen LogP contribution >= 0.6 is 0 Å². The summed E-state index contributed by atoms with van der Waals surface area (Å²) in [5, 5.41) is 0. The summed E-state index contributed by atoms with van der Waals surface area (Å²) in [6, 6.07) is 5.76. The Morgan fingerprint density at radius 3 is 2.48 bits per heavy atom. The van der Waals surface area contributed by atoms with Gasteiger partial charge in [-0.3, -0.25) is 4.98 Å². The third-order valence-corrected chi connectivity index (χ3v) is 3.55. The molecule has 0 radical (unpaired) electrons. The summed E-state index contributed by atoms with van der Waals surface area (Å²) in [4.78, 5) is 8.63. The Balaban J connectivity index is 2.58. The Bertz CT molecular complexity index is 664. The minimum atomic E-state index is 0.587. The van der Waals surface area contributed by atoms with Crippen LogP contribution in [-0.2, 0) is 4.74 Å². The van der Waals surface area contributed by atoms with Gasteiger partial charge in [0, 0.05) is 11.8 Å². The van der Waals surface area contributed by atoms with Crippen molar-refractivity contribution in [1.82, 2.24) is 4.98 Å². The number of pyridine rings is 1. The third kappa shape index (κ3) is 3.05. The van der Waals surface area contributed by atoms with E-state index in [2.05, 4.69) is 16.9 Å². The first-order chi connectivity index (χ1) is 10.1. The summed E-state index contributed by atoms with van der Waals surface area (Å²) < 4.78 is 10.9. The van der Waals surface area contributed by atoms with E-state index >= 15 is 0 Å². The van der Waals surface area contributed by atoms with Crippen molar-refractivity contribution in [3.63, 3.8) is 0 Å². The average molecular weight is 284 g/mol. The van der Waals surface area contributed by atoms with Gasteiger partial charge in [-0.1, -0.05) is 0 Å². The fourth-order valence-electron chi connectivity index (χ4n) is 2.33. The van der Waals surface area contributed by atoms with Gasteiger partial charge in [0.1, 0.15) is 5.75 Å². The lowest BCUT2D eigenvalue weighted by molar-refractivity contribution is 0.402. The summed E-state index contributed by atoms with van der Waals surface area (Å²) in [7, 11) is 3.31. The Labute approximate surface area is 125 Å². The van der Waals surface area contributed by atoms with Crippen LogP contribution in [0.15, 0.2) is 35.6 Å². The standard InChI is InChI=1S/C17H20N2O2/c1-11-9-15(20-4)12(2)13(3)16(11)17(21-5)19-14-7-6-8-18-10-14/h6-10H,1-5H3. The molecule has 1 aromatic carbocycles. The minimum absolute atomic E-state index is 0.587. The van der Waals surface area contributed by atoms with Crippen molar-refractivity contribution in [2.45, 2.75) is 20.8 Å². The number of hydrogen-bond acceptors (Lipinski definition) is 4. The highest BCUT2D eigenvalue weighted by Crippen LogP contribution is 2.28. The molecule has 0 bridgehead atoms. The summed E-state index contributed by atoms with van der Waals surface area (Å²) in [6.45, 7) is 6.12. The number of hydrogen-bond donors (Lipinski definition) is 0. The van der Waals surface area contributed by atoms with Crippen molar-refractivity contribution in [1.29, 1.82) is 0 Å². The SMILES string of the molecule is COC(=Nc1cccnc1)c1c(C)cc(OC)c(C)c1C. The smallest absolute Gasteiger partial charge is 0.221 e. The first kappa shape index (κ1) is 15.0. The lowest BCUT2D eigenvalue weighted by Gasteiger charge is -2.16. The topological polar surface area (TPSA) is 43.7 Å². The average Bonchev–Trinajstić information content (AvgIpc) is 2.50. The predicted molar refractivity (Wildman–Crippen MR) is 84.6 cm³/mol. The van der Waals surface area contributed by atoms with E-state index in [0.29, 0.717) is 5.90 Å². The molecule has 0 aliphatic carbocycles. The van der Waals surface area contributed by atoms with Gasteiger partial charge in [-0.2, -0.15) is 0 Å². The monoisotopic (exact) mass is 284 g/mol. The van der Waals surface area contributed by atoms with E-state index in [1.807, 2.05) is 32.0 Å². The van der Waals surface area contributed by atoms with Crippen LogP contribution < -0.4 is 4.74 Å². The van der Waals surface area contributed by atoms with Gasteiger partial charge in [0.15, 0.2) is 0 Å². The third-order valence-electron chi connectivity index (χ3n) is 3.55. The van der Waals surface area contributed by atoms with Gasteiger partial charge < -0.3 is 9.47 Å².